The van der Waals surface area contributed by atoms with Gasteiger partial charge in [-0.05, 0) is 38.5 Å². The Bertz CT molecular complexity index is 535. The maximum Gasteiger partial charge on any atom is 0.196 e. The lowest BCUT2D eigenvalue weighted by atomic mass is 9.99. The van der Waals surface area contributed by atoms with Gasteiger partial charge < -0.3 is 4.42 Å². The largest absolute Gasteiger partial charge is 0.469 e. The molecule has 2 heteroatoms. The zero-order valence-corrected chi connectivity index (χ0v) is 9.70. The normalized spacial score (nSPS) is 10.4. The Morgan fingerprint density at radius 2 is 1.88 bits per heavy atom. The van der Waals surface area contributed by atoms with E-state index in [0.29, 0.717) is 5.56 Å². The number of aryl methyl sites for hydroxylation is 3. The molecular weight excluding hydrogens is 200 g/mol. The summed E-state index contributed by atoms with van der Waals surface area (Å²) in [6.45, 7) is 5.76. The molecule has 16 heavy (non-hydrogen) atoms. The van der Waals surface area contributed by atoms with Crippen LogP contribution in [0.3, 0.4) is 0 Å². The Morgan fingerprint density at radius 1 is 1.12 bits per heavy atom. The molecule has 1 aromatic heterocycles. The quantitative estimate of drug-likeness (QED) is 0.717. The first-order valence-corrected chi connectivity index (χ1v) is 5.25. The standard InChI is InChI=1S/C14H14O2/c1-9-4-5-10(2)13(6-9)14(15)12-7-11(3)16-8-12/h4-8H,1-3H3. The van der Waals surface area contributed by atoms with E-state index in [2.05, 4.69) is 0 Å². The van der Waals surface area contributed by atoms with Crippen molar-refractivity contribution < 1.29 is 9.21 Å². The second-order valence-electron chi connectivity index (χ2n) is 4.09. The van der Waals surface area contributed by atoms with Gasteiger partial charge in [-0.15, -0.1) is 0 Å². The molecule has 0 bridgehead atoms. The predicted molar refractivity (Wildman–Crippen MR) is 62.8 cm³/mol. The van der Waals surface area contributed by atoms with Gasteiger partial charge in [0, 0.05) is 5.56 Å². The molecule has 0 aliphatic heterocycles. The van der Waals surface area contributed by atoms with E-state index in [1.54, 1.807) is 6.07 Å². The second-order valence-corrected chi connectivity index (χ2v) is 4.09. The number of hydrogen-bond acceptors (Lipinski definition) is 2. The molecule has 0 aliphatic rings. The summed E-state index contributed by atoms with van der Waals surface area (Å²) < 4.78 is 5.16. The third-order valence-corrected chi connectivity index (χ3v) is 2.63. The lowest BCUT2D eigenvalue weighted by Crippen LogP contribution is -2.02. The Morgan fingerprint density at radius 3 is 2.50 bits per heavy atom. The van der Waals surface area contributed by atoms with Crippen molar-refractivity contribution in [2.45, 2.75) is 20.8 Å². The van der Waals surface area contributed by atoms with Crippen molar-refractivity contribution in [2.24, 2.45) is 0 Å². The van der Waals surface area contributed by atoms with Gasteiger partial charge in [-0.1, -0.05) is 17.7 Å². The first-order valence-electron chi connectivity index (χ1n) is 5.25. The molecule has 2 nitrogen and oxygen atoms in total. The average Bonchev–Trinajstić information content (AvgIpc) is 2.67. The summed E-state index contributed by atoms with van der Waals surface area (Å²) in [5.74, 6) is 0.784. The fourth-order valence-corrected chi connectivity index (χ4v) is 1.70. The molecule has 1 heterocycles. The monoisotopic (exact) mass is 214 g/mol. The maximum absolute atomic E-state index is 12.2. The maximum atomic E-state index is 12.2. The smallest absolute Gasteiger partial charge is 0.196 e. The van der Waals surface area contributed by atoms with Gasteiger partial charge in [-0.3, -0.25) is 4.79 Å². The number of furan rings is 1. The fraction of sp³-hybridized carbons (Fsp3) is 0.214. The predicted octanol–water partition coefficient (Wildman–Crippen LogP) is 3.44. The van der Waals surface area contributed by atoms with E-state index in [0.717, 1.165) is 22.5 Å². The lowest BCUT2D eigenvalue weighted by Gasteiger charge is -2.04. The molecule has 0 radical (unpaired) electrons. The van der Waals surface area contributed by atoms with Crippen LogP contribution in [0.15, 0.2) is 34.9 Å². The molecule has 82 valence electrons. The minimum absolute atomic E-state index is 0.0260. The van der Waals surface area contributed by atoms with E-state index in [9.17, 15) is 4.79 Å². The Hall–Kier alpha value is -1.83. The Balaban J connectivity index is 2.45. The summed E-state index contributed by atoms with van der Waals surface area (Å²) in [5, 5.41) is 0. The molecule has 0 spiro atoms. The van der Waals surface area contributed by atoms with E-state index in [1.165, 1.54) is 6.26 Å². The molecule has 1 aromatic carbocycles. The SMILES string of the molecule is Cc1ccc(C)c(C(=O)c2coc(C)c2)c1. The van der Waals surface area contributed by atoms with Crippen molar-refractivity contribution in [3.63, 3.8) is 0 Å². The molecule has 0 aliphatic carbocycles. The highest BCUT2D eigenvalue weighted by Gasteiger charge is 2.13. The van der Waals surface area contributed by atoms with Gasteiger partial charge in [0.1, 0.15) is 12.0 Å². The van der Waals surface area contributed by atoms with Crippen LogP contribution in [-0.2, 0) is 0 Å². The summed E-state index contributed by atoms with van der Waals surface area (Å²) in [5.41, 5.74) is 3.45. The highest BCUT2D eigenvalue weighted by atomic mass is 16.3. The van der Waals surface area contributed by atoms with Crippen molar-refractivity contribution in [3.8, 4) is 0 Å². The van der Waals surface area contributed by atoms with Crippen LogP contribution in [0.2, 0.25) is 0 Å². The van der Waals surface area contributed by atoms with Crippen LogP contribution in [-0.4, -0.2) is 5.78 Å². The third kappa shape index (κ3) is 1.91. The first kappa shape index (κ1) is 10.7. The molecule has 2 rings (SSSR count). The molecular formula is C14H14O2. The van der Waals surface area contributed by atoms with E-state index in [4.69, 9.17) is 4.42 Å². The zero-order chi connectivity index (χ0) is 11.7. The van der Waals surface area contributed by atoms with E-state index < -0.39 is 0 Å². The topological polar surface area (TPSA) is 30.2 Å². The first-order chi connectivity index (χ1) is 7.58. The summed E-state index contributed by atoms with van der Waals surface area (Å²) in [7, 11) is 0. The molecule has 0 amide bonds. The van der Waals surface area contributed by atoms with E-state index >= 15 is 0 Å². The van der Waals surface area contributed by atoms with Crippen LogP contribution in [0, 0.1) is 20.8 Å². The van der Waals surface area contributed by atoms with Gasteiger partial charge in [0.25, 0.3) is 0 Å². The lowest BCUT2D eigenvalue weighted by molar-refractivity contribution is 0.103. The average molecular weight is 214 g/mol. The number of rotatable bonds is 2. The van der Waals surface area contributed by atoms with Gasteiger partial charge in [-0.25, -0.2) is 0 Å². The summed E-state index contributed by atoms with van der Waals surface area (Å²) >= 11 is 0. The van der Waals surface area contributed by atoms with Crippen molar-refractivity contribution >= 4 is 5.78 Å². The molecule has 2 aromatic rings. The second kappa shape index (κ2) is 3.97. The van der Waals surface area contributed by atoms with Gasteiger partial charge in [0.15, 0.2) is 5.78 Å². The van der Waals surface area contributed by atoms with Crippen molar-refractivity contribution in [2.75, 3.05) is 0 Å². The molecule has 0 N–H and O–H groups in total. The van der Waals surface area contributed by atoms with Crippen molar-refractivity contribution in [1.29, 1.82) is 0 Å². The third-order valence-electron chi connectivity index (χ3n) is 2.63. The summed E-state index contributed by atoms with van der Waals surface area (Å²) in [6.07, 6.45) is 1.51. The van der Waals surface area contributed by atoms with Gasteiger partial charge in [0.05, 0.1) is 5.56 Å². The molecule has 0 fully saturated rings. The Labute approximate surface area is 94.9 Å². The van der Waals surface area contributed by atoms with Crippen LogP contribution in [0.5, 0.6) is 0 Å². The van der Waals surface area contributed by atoms with Crippen LogP contribution in [0.25, 0.3) is 0 Å². The number of carbonyl (C=O) groups excluding carboxylic acids is 1. The van der Waals surface area contributed by atoms with Crippen LogP contribution in [0.1, 0.15) is 32.8 Å². The molecule has 0 atom stereocenters. The summed E-state index contributed by atoms with van der Waals surface area (Å²) in [4.78, 5) is 12.2. The van der Waals surface area contributed by atoms with E-state index in [1.807, 2.05) is 39.0 Å². The Kier molecular flexibility index (Phi) is 2.65. The van der Waals surface area contributed by atoms with Gasteiger partial charge >= 0.3 is 0 Å². The highest BCUT2D eigenvalue weighted by molar-refractivity contribution is 6.09. The van der Waals surface area contributed by atoms with Crippen LogP contribution < -0.4 is 0 Å². The highest BCUT2D eigenvalue weighted by Crippen LogP contribution is 2.17. The van der Waals surface area contributed by atoms with Gasteiger partial charge in [0.2, 0.25) is 0 Å². The molecule has 0 saturated heterocycles. The summed E-state index contributed by atoms with van der Waals surface area (Å²) in [6, 6.07) is 7.66. The van der Waals surface area contributed by atoms with E-state index in [-0.39, 0.29) is 5.78 Å². The minimum Gasteiger partial charge on any atom is -0.469 e. The number of hydrogen-bond donors (Lipinski definition) is 0. The number of benzene rings is 1. The zero-order valence-electron chi connectivity index (χ0n) is 9.70. The van der Waals surface area contributed by atoms with Crippen LogP contribution >= 0.6 is 0 Å². The fourth-order valence-electron chi connectivity index (χ4n) is 1.70. The van der Waals surface area contributed by atoms with Crippen LogP contribution in [0.4, 0.5) is 0 Å². The minimum atomic E-state index is 0.0260. The number of ketones is 1. The van der Waals surface area contributed by atoms with Crippen molar-refractivity contribution in [3.05, 3.63) is 58.5 Å². The molecule has 0 saturated carbocycles. The number of carbonyl (C=O) groups is 1. The van der Waals surface area contributed by atoms with Crippen molar-refractivity contribution in [1.82, 2.24) is 0 Å². The van der Waals surface area contributed by atoms with Gasteiger partial charge in [-0.2, -0.15) is 0 Å². The molecule has 0 unspecified atom stereocenters.